The molecular formula is C11H12F3NO3S. The molecule has 0 bridgehead atoms. The second-order valence-electron chi connectivity index (χ2n) is 4.40. The van der Waals surface area contributed by atoms with Crippen LogP contribution in [0.3, 0.4) is 0 Å². The molecule has 2 N–H and O–H groups in total. The molecule has 0 amide bonds. The van der Waals surface area contributed by atoms with Crippen molar-refractivity contribution in [3.05, 3.63) is 23.8 Å². The fourth-order valence-electron chi connectivity index (χ4n) is 2.02. The Balaban J connectivity index is 2.55. The van der Waals surface area contributed by atoms with Gasteiger partial charge in [-0.05, 0) is 30.4 Å². The molecule has 0 unspecified atom stereocenters. The van der Waals surface area contributed by atoms with Gasteiger partial charge < -0.3 is 4.74 Å². The monoisotopic (exact) mass is 295 g/mol. The molecule has 0 saturated heterocycles. The quantitative estimate of drug-likeness (QED) is 0.931. The number of primary sulfonamides is 1. The maximum absolute atomic E-state index is 12.4. The number of rotatable bonds is 3. The van der Waals surface area contributed by atoms with Gasteiger partial charge in [0.1, 0.15) is 4.90 Å². The summed E-state index contributed by atoms with van der Waals surface area (Å²) >= 11 is 0. The van der Waals surface area contributed by atoms with Gasteiger partial charge in [0.15, 0.2) is 5.75 Å². The molecule has 1 aliphatic carbocycles. The maximum atomic E-state index is 12.4. The van der Waals surface area contributed by atoms with Crippen molar-refractivity contribution in [1.29, 1.82) is 0 Å². The molecule has 0 heterocycles. The summed E-state index contributed by atoms with van der Waals surface area (Å²) in [5.41, 5.74) is 0.245. The van der Waals surface area contributed by atoms with E-state index < -0.39 is 27.0 Å². The lowest BCUT2D eigenvalue weighted by Crippen LogP contribution is -2.23. The first-order valence-corrected chi connectivity index (χ1v) is 7.14. The van der Waals surface area contributed by atoms with Crippen LogP contribution in [0.25, 0.3) is 0 Å². The number of hydrogen-bond donors (Lipinski definition) is 1. The number of sulfonamides is 1. The molecule has 2 rings (SSSR count). The first-order valence-electron chi connectivity index (χ1n) is 5.60. The van der Waals surface area contributed by atoms with Gasteiger partial charge in [-0.15, -0.1) is 13.2 Å². The van der Waals surface area contributed by atoms with E-state index in [-0.39, 0.29) is 11.5 Å². The Morgan fingerprint density at radius 3 is 2.32 bits per heavy atom. The first-order chi connectivity index (χ1) is 8.68. The van der Waals surface area contributed by atoms with Crippen molar-refractivity contribution in [2.75, 3.05) is 0 Å². The van der Waals surface area contributed by atoms with Gasteiger partial charge in [-0.2, -0.15) is 0 Å². The fraction of sp³-hybridized carbons (Fsp3) is 0.455. The van der Waals surface area contributed by atoms with Crippen LogP contribution in [0.15, 0.2) is 23.1 Å². The second-order valence-corrected chi connectivity index (χ2v) is 5.92. The third kappa shape index (κ3) is 3.19. The molecule has 0 spiro atoms. The fourth-order valence-corrected chi connectivity index (χ4v) is 2.71. The lowest BCUT2D eigenvalue weighted by atomic mass is 9.80. The van der Waals surface area contributed by atoms with E-state index in [2.05, 4.69) is 4.74 Å². The van der Waals surface area contributed by atoms with Crippen molar-refractivity contribution < 1.29 is 26.3 Å². The summed E-state index contributed by atoms with van der Waals surface area (Å²) in [5.74, 6) is -0.804. The number of alkyl halides is 3. The van der Waals surface area contributed by atoms with Gasteiger partial charge in [-0.3, -0.25) is 0 Å². The molecule has 1 fully saturated rings. The molecule has 0 atom stereocenters. The van der Waals surface area contributed by atoms with Crippen LogP contribution in [0, 0.1) is 0 Å². The summed E-state index contributed by atoms with van der Waals surface area (Å²) in [6.45, 7) is 0. The Kier molecular flexibility index (Phi) is 3.48. The number of benzene rings is 1. The van der Waals surface area contributed by atoms with Gasteiger partial charge >= 0.3 is 6.36 Å². The van der Waals surface area contributed by atoms with Crippen LogP contribution < -0.4 is 9.88 Å². The molecule has 0 aromatic heterocycles. The molecule has 19 heavy (non-hydrogen) atoms. The Bertz CT molecular complexity index is 579. The first kappa shape index (κ1) is 14.1. The standard InChI is InChI=1S/C11H12F3NO3S/c12-11(13,14)18-10-8(7-3-1-4-7)5-2-6-9(10)19(15,16)17/h2,5-7H,1,3-4H2,(H2,15,16,17). The van der Waals surface area contributed by atoms with Crippen LogP contribution in [0.1, 0.15) is 30.7 Å². The molecule has 1 aromatic carbocycles. The van der Waals surface area contributed by atoms with Crippen LogP contribution in [-0.4, -0.2) is 14.8 Å². The summed E-state index contributed by atoms with van der Waals surface area (Å²) in [7, 11) is -4.27. The predicted molar refractivity (Wildman–Crippen MR) is 61.1 cm³/mol. The molecule has 8 heteroatoms. The number of halogens is 3. The highest BCUT2D eigenvalue weighted by Gasteiger charge is 2.36. The summed E-state index contributed by atoms with van der Waals surface area (Å²) < 4.78 is 63.8. The zero-order chi connectivity index (χ0) is 14.3. The molecule has 0 aliphatic heterocycles. The largest absolute Gasteiger partial charge is 0.573 e. The number of para-hydroxylation sites is 1. The van der Waals surface area contributed by atoms with E-state index in [1.165, 1.54) is 12.1 Å². The van der Waals surface area contributed by atoms with Gasteiger partial charge in [-0.25, -0.2) is 13.6 Å². The van der Waals surface area contributed by atoms with E-state index in [1.54, 1.807) is 0 Å². The highest BCUT2D eigenvalue weighted by Crippen LogP contribution is 2.44. The lowest BCUT2D eigenvalue weighted by molar-refractivity contribution is -0.276. The smallest absolute Gasteiger partial charge is 0.404 e. The Labute approximate surface area is 108 Å². The van der Waals surface area contributed by atoms with Crippen molar-refractivity contribution in [3.63, 3.8) is 0 Å². The highest BCUT2D eigenvalue weighted by atomic mass is 32.2. The van der Waals surface area contributed by atoms with Gasteiger partial charge in [0.25, 0.3) is 0 Å². The Hall–Kier alpha value is -1.28. The van der Waals surface area contributed by atoms with Crippen molar-refractivity contribution in [3.8, 4) is 5.75 Å². The summed E-state index contributed by atoms with van der Waals surface area (Å²) in [6.07, 6.45) is -2.64. The van der Waals surface area contributed by atoms with Crippen LogP contribution >= 0.6 is 0 Å². The van der Waals surface area contributed by atoms with Gasteiger partial charge in [0, 0.05) is 0 Å². The average molecular weight is 295 g/mol. The summed E-state index contributed by atoms with van der Waals surface area (Å²) in [4.78, 5) is -0.630. The molecule has 106 valence electrons. The molecule has 4 nitrogen and oxygen atoms in total. The SMILES string of the molecule is NS(=O)(=O)c1cccc(C2CCC2)c1OC(F)(F)F. The topological polar surface area (TPSA) is 69.4 Å². The van der Waals surface area contributed by atoms with Gasteiger partial charge in [-0.1, -0.05) is 18.6 Å². The van der Waals surface area contributed by atoms with E-state index in [1.807, 2.05) is 0 Å². The zero-order valence-corrected chi connectivity index (χ0v) is 10.6. The molecular weight excluding hydrogens is 283 g/mol. The second kappa shape index (κ2) is 4.68. The molecule has 1 saturated carbocycles. The molecule has 1 aliphatic rings. The maximum Gasteiger partial charge on any atom is 0.573 e. The number of nitrogens with two attached hydrogens (primary N) is 1. The number of ether oxygens (including phenoxy) is 1. The van der Waals surface area contributed by atoms with Crippen molar-refractivity contribution in [2.45, 2.75) is 36.4 Å². The third-order valence-corrected chi connectivity index (χ3v) is 4.01. The zero-order valence-electron chi connectivity index (χ0n) is 9.77. The van der Waals surface area contributed by atoms with Crippen LogP contribution in [0.5, 0.6) is 5.75 Å². The predicted octanol–water partition coefficient (Wildman–Crippen LogP) is 2.50. The average Bonchev–Trinajstić information content (AvgIpc) is 2.13. The minimum atomic E-state index is -4.96. The van der Waals surface area contributed by atoms with Crippen LogP contribution in [0.2, 0.25) is 0 Å². The number of hydrogen-bond acceptors (Lipinski definition) is 3. The Morgan fingerprint density at radius 2 is 1.89 bits per heavy atom. The molecule has 1 aromatic rings. The van der Waals surface area contributed by atoms with Crippen LogP contribution in [-0.2, 0) is 10.0 Å². The van der Waals surface area contributed by atoms with E-state index in [0.717, 1.165) is 12.5 Å². The molecule has 0 radical (unpaired) electrons. The summed E-state index contributed by atoms with van der Waals surface area (Å²) in [6, 6.07) is 3.83. The Morgan fingerprint density at radius 1 is 1.26 bits per heavy atom. The van der Waals surface area contributed by atoms with Crippen molar-refractivity contribution in [2.24, 2.45) is 5.14 Å². The van der Waals surface area contributed by atoms with E-state index in [0.29, 0.717) is 12.8 Å². The van der Waals surface area contributed by atoms with E-state index in [4.69, 9.17) is 5.14 Å². The minimum Gasteiger partial charge on any atom is -0.404 e. The van der Waals surface area contributed by atoms with E-state index >= 15 is 0 Å². The highest BCUT2D eigenvalue weighted by molar-refractivity contribution is 7.89. The van der Waals surface area contributed by atoms with Gasteiger partial charge in [0.05, 0.1) is 0 Å². The van der Waals surface area contributed by atoms with E-state index in [9.17, 15) is 21.6 Å². The van der Waals surface area contributed by atoms with Crippen molar-refractivity contribution >= 4 is 10.0 Å². The minimum absolute atomic E-state index is 0.112. The lowest BCUT2D eigenvalue weighted by Gasteiger charge is -2.28. The summed E-state index contributed by atoms with van der Waals surface area (Å²) in [5, 5.41) is 4.93. The van der Waals surface area contributed by atoms with Gasteiger partial charge in [0.2, 0.25) is 10.0 Å². The third-order valence-electron chi connectivity index (χ3n) is 3.08. The van der Waals surface area contributed by atoms with Crippen molar-refractivity contribution in [1.82, 2.24) is 0 Å². The van der Waals surface area contributed by atoms with Crippen LogP contribution in [0.4, 0.5) is 13.2 Å². The normalized spacial score (nSPS) is 17.1.